The standard InChI is InChI=1S/C9H15N/c1-4-7-10(8-5-2)9-6-3/h4-9H,1-3H3. The Hall–Kier alpha value is -0.980. The fourth-order valence-electron chi connectivity index (χ4n) is 0.665. The van der Waals surface area contributed by atoms with Gasteiger partial charge in [0.15, 0.2) is 0 Å². The molecule has 0 aromatic rings. The lowest BCUT2D eigenvalue weighted by Crippen LogP contribution is -1.97. The minimum Gasteiger partial charge on any atom is -0.332 e. The van der Waals surface area contributed by atoms with Crippen molar-refractivity contribution in [3.8, 4) is 0 Å². The molecule has 0 aromatic heterocycles. The van der Waals surface area contributed by atoms with Gasteiger partial charge in [0.1, 0.15) is 0 Å². The lowest BCUT2D eigenvalue weighted by Gasteiger charge is -2.06. The molecule has 0 bridgehead atoms. The summed E-state index contributed by atoms with van der Waals surface area (Å²) >= 11 is 0. The highest BCUT2D eigenvalue weighted by atomic mass is 15.1. The first-order valence-electron chi connectivity index (χ1n) is 3.51. The van der Waals surface area contributed by atoms with E-state index < -0.39 is 0 Å². The molecule has 0 amide bonds. The van der Waals surface area contributed by atoms with Crippen LogP contribution in [0.5, 0.6) is 0 Å². The molecule has 1 heteroatoms. The summed E-state index contributed by atoms with van der Waals surface area (Å²) in [7, 11) is 0. The summed E-state index contributed by atoms with van der Waals surface area (Å²) in [4.78, 5) is 2.00. The molecule has 0 saturated carbocycles. The van der Waals surface area contributed by atoms with Gasteiger partial charge in [0.25, 0.3) is 0 Å². The van der Waals surface area contributed by atoms with Crippen molar-refractivity contribution in [3.05, 3.63) is 36.8 Å². The van der Waals surface area contributed by atoms with Crippen molar-refractivity contribution in [1.29, 1.82) is 0 Å². The molecule has 10 heavy (non-hydrogen) atoms. The zero-order valence-electron chi connectivity index (χ0n) is 6.91. The highest BCUT2D eigenvalue weighted by Gasteiger charge is 1.80. The minimum atomic E-state index is 2.00. The van der Waals surface area contributed by atoms with Gasteiger partial charge in [-0.15, -0.1) is 0 Å². The molecule has 1 nitrogen and oxygen atoms in total. The predicted molar refractivity (Wildman–Crippen MR) is 46.3 cm³/mol. The topological polar surface area (TPSA) is 3.24 Å². The Labute approximate surface area is 63.3 Å². The van der Waals surface area contributed by atoms with Gasteiger partial charge >= 0.3 is 0 Å². The van der Waals surface area contributed by atoms with Crippen molar-refractivity contribution in [1.82, 2.24) is 4.90 Å². The summed E-state index contributed by atoms with van der Waals surface area (Å²) in [5.41, 5.74) is 0. The van der Waals surface area contributed by atoms with E-state index in [0.717, 1.165) is 0 Å². The average molecular weight is 137 g/mol. The maximum Gasteiger partial charge on any atom is 0.00389 e. The molecule has 0 atom stereocenters. The van der Waals surface area contributed by atoms with Gasteiger partial charge in [0.05, 0.1) is 0 Å². The lowest BCUT2D eigenvalue weighted by molar-refractivity contribution is 0.688. The number of nitrogens with zero attached hydrogens (tertiary/aromatic N) is 1. The van der Waals surface area contributed by atoms with Crippen molar-refractivity contribution in [3.63, 3.8) is 0 Å². The number of hydrogen-bond donors (Lipinski definition) is 0. The van der Waals surface area contributed by atoms with E-state index in [-0.39, 0.29) is 0 Å². The second kappa shape index (κ2) is 6.14. The summed E-state index contributed by atoms with van der Waals surface area (Å²) in [5.74, 6) is 0. The second-order valence-electron chi connectivity index (χ2n) is 1.89. The van der Waals surface area contributed by atoms with Crippen LogP contribution in [0.3, 0.4) is 0 Å². The van der Waals surface area contributed by atoms with Crippen molar-refractivity contribution < 1.29 is 0 Å². The third kappa shape index (κ3) is 3.96. The molecular formula is C9H15N. The Balaban J connectivity index is 3.97. The van der Waals surface area contributed by atoms with Crippen LogP contribution in [0.1, 0.15) is 20.8 Å². The van der Waals surface area contributed by atoms with Crippen LogP contribution in [0.25, 0.3) is 0 Å². The Morgan fingerprint density at radius 1 is 0.700 bits per heavy atom. The number of allylic oxidation sites excluding steroid dienone is 3. The maximum atomic E-state index is 2.00. The van der Waals surface area contributed by atoms with Crippen LogP contribution in [0.4, 0.5) is 0 Å². The number of hydrogen-bond acceptors (Lipinski definition) is 1. The average Bonchev–Trinajstić information content (AvgIpc) is 1.90. The third-order valence-electron chi connectivity index (χ3n) is 0.964. The third-order valence-corrected chi connectivity index (χ3v) is 0.964. The van der Waals surface area contributed by atoms with Gasteiger partial charge in [-0.25, -0.2) is 0 Å². The fraction of sp³-hybridized carbons (Fsp3) is 0.333. The Kier molecular flexibility index (Phi) is 5.54. The van der Waals surface area contributed by atoms with Gasteiger partial charge in [-0.1, -0.05) is 18.2 Å². The highest BCUT2D eigenvalue weighted by Crippen LogP contribution is 1.92. The van der Waals surface area contributed by atoms with Gasteiger partial charge in [0, 0.05) is 18.6 Å². The van der Waals surface area contributed by atoms with Crippen LogP contribution in [0.15, 0.2) is 36.8 Å². The summed E-state index contributed by atoms with van der Waals surface area (Å²) in [6.45, 7) is 6.00. The normalized spacial score (nSPS) is 12.3. The largest absolute Gasteiger partial charge is 0.332 e. The molecule has 0 rings (SSSR count). The first-order chi connectivity index (χ1) is 4.85. The van der Waals surface area contributed by atoms with E-state index in [4.69, 9.17) is 0 Å². The van der Waals surface area contributed by atoms with Gasteiger partial charge in [0.2, 0.25) is 0 Å². The van der Waals surface area contributed by atoms with Gasteiger partial charge in [-0.2, -0.15) is 0 Å². The molecular weight excluding hydrogens is 122 g/mol. The molecule has 0 radical (unpaired) electrons. The highest BCUT2D eigenvalue weighted by molar-refractivity contribution is 4.96. The lowest BCUT2D eigenvalue weighted by atomic mass is 10.5. The number of rotatable bonds is 3. The Morgan fingerprint density at radius 2 is 1.00 bits per heavy atom. The van der Waals surface area contributed by atoms with Crippen molar-refractivity contribution in [2.24, 2.45) is 0 Å². The predicted octanol–water partition coefficient (Wildman–Crippen LogP) is 2.89. The van der Waals surface area contributed by atoms with E-state index in [9.17, 15) is 0 Å². The summed E-state index contributed by atoms with van der Waals surface area (Å²) in [6.07, 6.45) is 12.0. The van der Waals surface area contributed by atoms with E-state index in [2.05, 4.69) is 0 Å². The molecule has 0 aromatic carbocycles. The van der Waals surface area contributed by atoms with Crippen molar-refractivity contribution >= 4 is 0 Å². The van der Waals surface area contributed by atoms with E-state index >= 15 is 0 Å². The molecule has 0 unspecified atom stereocenters. The zero-order valence-corrected chi connectivity index (χ0v) is 6.91. The molecule has 0 N–H and O–H groups in total. The second-order valence-corrected chi connectivity index (χ2v) is 1.89. The zero-order chi connectivity index (χ0) is 7.82. The monoisotopic (exact) mass is 137 g/mol. The summed E-state index contributed by atoms with van der Waals surface area (Å²) in [5, 5.41) is 0. The first-order valence-corrected chi connectivity index (χ1v) is 3.51. The molecule has 0 fully saturated rings. The van der Waals surface area contributed by atoms with Gasteiger partial charge < -0.3 is 4.90 Å². The minimum absolute atomic E-state index is 2.00. The van der Waals surface area contributed by atoms with Crippen LogP contribution >= 0.6 is 0 Å². The molecule has 56 valence electrons. The van der Waals surface area contributed by atoms with Crippen LogP contribution in [-0.2, 0) is 0 Å². The van der Waals surface area contributed by atoms with Gasteiger partial charge in [-0.05, 0) is 20.8 Å². The Morgan fingerprint density at radius 3 is 1.20 bits per heavy atom. The van der Waals surface area contributed by atoms with E-state index in [1.54, 1.807) is 0 Å². The van der Waals surface area contributed by atoms with E-state index in [0.29, 0.717) is 0 Å². The van der Waals surface area contributed by atoms with Crippen molar-refractivity contribution in [2.75, 3.05) is 0 Å². The molecule has 0 aliphatic heterocycles. The van der Waals surface area contributed by atoms with Gasteiger partial charge in [-0.3, -0.25) is 0 Å². The first kappa shape index (κ1) is 9.02. The molecule has 0 saturated heterocycles. The maximum absolute atomic E-state index is 2.00. The summed E-state index contributed by atoms with van der Waals surface area (Å²) < 4.78 is 0. The van der Waals surface area contributed by atoms with Crippen LogP contribution in [0.2, 0.25) is 0 Å². The van der Waals surface area contributed by atoms with E-state index in [1.807, 2.05) is 62.5 Å². The summed E-state index contributed by atoms with van der Waals surface area (Å²) in [6, 6.07) is 0. The van der Waals surface area contributed by atoms with E-state index in [1.165, 1.54) is 0 Å². The Bertz CT molecular complexity index is 114. The SMILES string of the molecule is CC=CN(C=CC)C=CC. The molecule has 0 heterocycles. The molecule has 0 spiro atoms. The fourth-order valence-corrected chi connectivity index (χ4v) is 0.665. The van der Waals surface area contributed by atoms with Crippen LogP contribution in [0, 0.1) is 0 Å². The smallest absolute Gasteiger partial charge is 0.00389 e. The van der Waals surface area contributed by atoms with Crippen molar-refractivity contribution in [2.45, 2.75) is 20.8 Å². The molecule has 0 aliphatic rings. The quantitative estimate of drug-likeness (QED) is 0.578. The molecule has 0 aliphatic carbocycles. The van der Waals surface area contributed by atoms with Crippen LogP contribution in [-0.4, -0.2) is 4.90 Å². The van der Waals surface area contributed by atoms with Crippen LogP contribution < -0.4 is 0 Å².